The highest BCUT2D eigenvalue weighted by molar-refractivity contribution is 5.79. The lowest BCUT2D eigenvalue weighted by Crippen LogP contribution is -2.01. The second kappa shape index (κ2) is 5.13. The van der Waals surface area contributed by atoms with Crippen LogP contribution in [-0.4, -0.2) is 0 Å². The zero-order valence-corrected chi connectivity index (χ0v) is 12.1. The maximum atomic E-state index is 9.50. The second-order valence-corrected chi connectivity index (χ2v) is 5.68. The molecule has 2 aromatic carbocycles. The van der Waals surface area contributed by atoms with Gasteiger partial charge in [-0.2, -0.15) is 5.26 Å². The molecule has 0 saturated heterocycles. The van der Waals surface area contributed by atoms with Crippen molar-refractivity contribution in [1.82, 2.24) is 0 Å². The normalized spacial score (nSPS) is 13.4. The van der Waals surface area contributed by atoms with Crippen LogP contribution < -0.4 is 0 Å². The fraction of sp³-hybridized carbons (Fsp3) is 0.316. The fourth-order valence-corrected chi connectivity index (χ4v) is 3.30. The van der Waals surface area contributed by atoms with E-state index in [0.717, 1.165) is 19.3 Å². The van der Waals surface area contributed by atoms with Gasteiger partial charge in [-0.05, 0) is 47.6 Å². The van der Waals surface area contributed by atoms with Gasteiger partial charge in [-0.15, -0.1) is 0 Å². The summed E-state index contributed by atoms with van der Waals surface area (Å²) in [6.45, 7) is 4.28. The van der Waals surface area contributed by atoms with E-state index in [1.54, 1.807) is 0 Å². The summed E-state index contributed by atoms with van der Waals surface area (Å²) in [4.78, 5) is 0. The topological polar surface area (TPSA) is 23.8 Å². The van der Waals surface area contributed by atoms with Crippen LogP contribution >= 0.6 is 0 Å². The molecule has 2 aromatic rings. The van der Waals surface area contributed by atoms with E-state index >= 15 is 0 Å². The number of fused-ring (bicyclic) bond motifs is 3. The molecule has 1 heteroatoms. The second-order valence-electron chi connectivity index (χ2n) is 5.68. The van der Waals surface area contributed by atoms with Gasteiger partial charge in [0.2, 0.25) is 0 Å². The molecule has 0 N–H and O–H groups in total. The molecule has 0 aliphatic heterocycles. The number of nitriles is 1. The van der Waals surface area contributed by atoms with Crippen molar-refractivity contribution in [3.8, 4) is 17.2 Å². The molecule has 1 aliphatic carbocycles. The van der Waals surface area contributed by atoms with Gasteiger partial charge in [0.15, 0.2) is 0 Å². The highest BCUT2D eigenvalue weighted by Gasteiger charge is 2.24. The zero-order chi connectivity index (χ0) is 14.1. The molecule has 0 bridgehead atoms. The van der Waals surface area contributed by atoms with E-state index in [4.69, 9.17) is 0 Å². The Balaban J connectivity index is 2.17. The Bertz CT molecular complexity index is 691. The van der Waals surface area contributed by atoms with E-state index < -0.39 is 0 Å². The van der Waals surface area contributed by atoms with E-state index in [1.807, 2.05) is 0 Å². The summed E-state index contributed by atoms with van der Waals surface area (Å²) in [7, 11) is 0. The minimum absolute atomic E-state index is 0.0305. The number of rotatable bonds is 3. The summed E-state index contributed by atoms with van der Waals surface area (Å²) >= 11 is 0. The standard InChI is InChI=1S/C19H19N/c1-3-6-15(12-20)17-9-13(2)10-18-16-8-5-4-7-14(16)11-19(17)18/h4-5,7-10,15H,3,6,11H2,1-2H3. The maximum Gasteiger partial charge on any atom is 0.0715 e. The predicted molar refractivity (Wildman–Crippen MR) is 82.7 cm³/mol. The van der Waals surface area contributed by atoms with E-state index in [1.165, 1.54) is 33.4 Å². The first kappa shape index (κ1) is 12.9. The van der Waals surface area contributed by atoms with Gasteiger partial charge in [-0.25, -0.2) is 0 Å². The summed E-state index contributed by atoms with van der Waals surface area (Å²) in [5, 5.41) is 9.50. The highest BCUT2D eigenvalue weighted by atomic mass is 14.3. The van der Waals surface area contributed by atoms with Crippen molar-refractivity contribution in [2.24, 2.45) is 0 Å². The first-order chi connectivity index (χ1) is 9.74. The first-order valence-corrected chi connectivity index (χ1v) is 7.36. The summed E-state index contributed by atoms with van der Waals surface area (Å²) in [6.07, 6.45) is 2.97. The van der Waals surface area contributed by atoms with E-state index in [2.05, 4.69) is 56.3 Å². The van der Waals surface area contributed by atoms with Gasteiger partial charge in [0.05, 0.1) is 12.0 Å². The van der Waals surface area contributed by atoms with Crippen LogP contribution in [0.2, 0.25) is 0 Å². The van der Waals surface area contributed by atoms with Gasteiger partial charge in [-0.1, -0.05) is 55.3 Å². The number of aryl methyl sites for hydroxylation is 1. The summed E-state index contributed by atoms with van der Waals surface area (Å²) in [5.41, 5.74) is 7.96. The molecule has 0 saturated carbocycles. The van der Waals surface area contributed by atoms with Gasteiger partial charge in [0, 0.05) is 0 Å². The summed E-state index contributed by atoms with van der Waals surface area (Å²) in [6, 6.07) is 15.6. The Kier molecular flexibility index (Phi) is 3.32. The average Bonchev–Trinajstić information content (AvgIpc) is 2.83. The number of hydrogen-bond donors (Lipinski definition) is 0. The third kappa shape index (κ3) is 2.02. The Morgan fingerprint density at radius 2 is 2.00 bits per heavy atom. The van der Waals surface area contributed by atoms with Crippen LogP contribution in [0.4, 0.5) is 0 Å². The summed E-state index contributed by atoms with van der Waals surface area (Å²) < 4.78 is 0. The van der Waals surface area contributed by atoms with Crippen molar-refractivity contribution >= 4 is 0 Å². The van der Waals surface area contributed by atoms with Crippen LogP contribution in [0.1, 0.15) is 47.9 Å². The molecule has 100 valence electrons. The van der Waals surface area contributed by atoms with Gasteiger partial charge in [0.25, 0.3) is 0 Å². The average molecular weight is 261 g/mol. The lowest BCUT2D eigenvalue weighted by Gasteiger charge is -2.15. The Morgan fingerprint density at radius 3 is 2.75 bits per heavy atom. The van der Waals surface area contributed by atoms with E-state index in [-0.39, 0.29) is 5.92 Å². The van der Waals surface area contributed by atoms with Crippen molar-refractivity contribution in [1.29, 1.82) is 5.26 Å². The van der Waals surface area contributed by atoms with Crippen LogP contribution in [0.15, 0.2) is 36.4 Å². The van der Waals surface area contributed by atoms with Crippen molar-refractivity contribution in [3.05, 3.63) is 58.7 Å². The van der Waals surface area contributed by atoms with Crippen LogP contribution in [0, 0.1) is 18.3 Å². The van der Waals surface area contributed by atoms with Gasteiger partial charge >= 0.3 is 0 Å². The predicted octanol–water partition coefficient (Wildman–Crippen LogP) is 4.97. The Morgan fingerprint density at radius 1 is 1.20 bits per heavy atom. The highest BCUT2D eigenvalue weighted by Crippen LogP contribution is 2.41. The molecular weight excluding hydrogens is 242 g/mol. The third-order valence-corrected chi connectivity index (χ3v) is 4.21. The van der Waals surface area contributed by atoms with E-state index in [0.29, 0.717) is 0 Å². The molecule has 3 rings (SSSR count). The minimum Gasteiger partial charge on any atom is -0.198 e. The molecule has 0 aromatic heterocycles. The Labute approximate surface area is 120 Å². The van der Waals surface area contributed by atoms with Crippen molar-refractivity contribution in [2.75, 3.05) is 0 Å². The fourth-order valence-electron chi connectivity index (χ4n) is 3.30. The molecule has 20 heavy (non-hydrogen) atoms. The molecule has 1 nitrogen and oxygen atoms in total. The molecular formula is C19H19N. The molecule has 1 unspecified atom stereocenters. The Hall–Kier alpha value is -2.07. The molecule has 0 amide bonds. The third-order valence-electron chi connectivity index (χ3n) is 4.21. The van der Waals surface area contributed by atoms with Crippen LogP contribution in [0.5, 0.6) is 0 Å². The van der Waals surface area contributed by atoms with Crippen molar-refractivity contribution < 1.29 is 0 Å². The minimum atomic E-state index is 0.0305. The number of hydrogen-bond acceptors (Lipinski definition) is 1. The van der Waals surface area contributed by atoms with Crippen molar-refractivity contribution in [2.45, 2.75) is 39.0 Å². The summed E-state index contributed by atoms with van der Waals surface area (Å²) in [5.74, 6) is 0.0305. The van der Waals surface area contributed by atoms with Gasteiger partial charge in [-0.3, -0.25) is 0 Å². The molecule has 0 radical (unpaired) electrons. The molecule has 1 atom stereocenters. The van der Waals surface area contributed by atoms with Crippen LogP contribution in [0.3, 0.4) is 0 Å². The maximum absolute atomic E-state index is 9.50. The van der Waals surface area contributed by atoms with E-state index in [9.17, 15) is 5.26 Å². The van der Waals surface area contributed by atoms with Crippen LogP contribution in [-0.2, 0) is 6.42 Å². The monoisotopic (exact) mass is 261 g/mol. The largest absolute Gasteiger partial charge is 0.198 e. The van der Waals surface area contributed by atoms with Crippen molar-refractivity contribution in [3.63, 3.8) is 0 Å². The molecule has 0 heterocycles. The lowest BCUT2D eigenvalue weighted by molar-refractivity contribution is 0.721. The molecule has 1 aliphatic rings. The molecule has 0 fully saturated rings. The quantitative estimate of drug-likeness (QED) is 0.652. The first-order valence-electron chi connectivity index (χ1n) is 7.36. The van der Waals surface area contributed by atoms with Gasteiger partial charge in [0.1, 0.15) is 0 Å². The number of nitrogens with zero attached hydrogens (tertiary/aromatic N) is 1. The lowest BCUT2D eigenvalue weighted by atomic mass is 9.88. The SMILES string of the molecule is CCCC(C#N)c1cc(C)cc2c1Cc1ccccc1-2. The molecule has 0 spiro atoms. The smallest absolute Gasteiger partial charge is 0.0715 e. The van der Waals surface area contributed by atoms with Gasteiger partial charge < -0.3 is 0 Å². The van der Waals surface area contributed by atoms with Crippen LogP contribution in [0.25, 0.3) is 11.1 Å². The number of benzene rings is 2. The zero-order valence-electron chi connectivity index (χ0n) is 12.1.